The molecule has 2 N–H and O–H groups in total. The molecule has 1 saturated heterocycles. The summed E-state index contributed by atoms with van der Waals surface area (Å²) in [6, 6.07) is 0.291. The van der Waals surface area contributed by atoms with Gasteiger partial charge in [-0.05, 0) is 19.3 Å². The number of carbonyl (C=O) groups excluding carboxylic acids is 1. The van der Waals surface area contributed by atoms with Crippen molar-refractivity contribution in [2.24, 2.45) is 0 Å². The van der Waals surface area contributed by atoms with Gasteiger partial charge in [0, 0.05) is 12.4 Å². The first-order chi connectivity index (χ1) is 4.79. The zero-order valence-corrected chi connectivity index (χ0v) is 6.01. The maximum Gasteiger partial charge on any atom is 0.0911 e. The summed E-state index contributed by atoms with van der Waals surface area (Å²) in [4.78, 5) is 10.1. The van der Waals surface area contributed by atoms with Crippen molar-refractivity contribution >= 4 is 5.97 Å². The van der Waals surface area contributed by atoms with Gasteiger partial charge < -0.3 is 15.2 Å². The minimum atomic E-state index is -0.914. The van der Waals surface area contributed by atoms with Gasteiger partial charge in [-0.2, -0.15) is 0 Å². The molecule has 3 nitrogen and oxygen atoms in total. The Kier molecular flexibility index (Phi) is 2.68. The summed E-state index contributed by atoms with van der Waals surface area (Å²) in [7, 11) is 0. The maximum atomic E-state index is 10.1. The summed E-state index contributed by atoms with van der Waals surface area (Å²) < 4.78 is 0. The lowest BCUT2D eigenvalue weighted by atomic mass is 10.0. The van der Waals surface area contributed by atoms with E-state index >= 15 is 0 Å². The second kappa shape index (κ2) is 3.56. The Morgan fingerprint density at radius 3 is 2.90 bits per heavy atom. The number of carboxylic acids is 1. The molecule has 0 aromatic carbocycles. The average Bonchev–Trinajstić information content (AvgIpc) is 1.88. The molecule has 0 saturated carbocycles. The van der Waals surface area contributed by atoms with E-state index in [2.05, 4.69) is 5.32 Å². The lowest BCUT2D eigenvalue weighted by molar-refractivity contribution is -0.697. The van der Waals surface area contributed by atoms with Gasteiger partial charge in [-0.1, -0.05) is 0 Å². The molecule has 1 atom stereocenters. The third kappa shape index (κ3) is 2.35. The fraction of sp³-hybridized carbons (Fsp3) is 0.857. The van der Waals surface area contributed by atoms with E-state index in [0.717, 1.165) is 13.0 Å². The second-order valence-electron chi connectivity index (χ2n) is 2.86. The Bertz CT molecular complexity index is 119. The normalized spacial score (nSPS) is 26.2. The van der Waals surface area contributed by atoms with Crippen LogP contribution in [0.5, 0.6) is 0 Å². The van der Waals surface area contributed by atoms with E-state index in [9.17, 15) is 9.90 Å². The highest BCUT2D eigenvalue weighted by atomic mass is 16.4. The number of piperidine rings is 1. The van der Waals surface area contributed by atoms with Crippen LogP contribution in [0.4, 0.5) is 0 Å². The number of rotatable bonds is 2. The van der Waals surface area contributed by atoms with Crippen molar-refractivity contribution in [2.45, 2.75) is 31.7 Å². The molecule has 1 aliphatic rings. The lowest BCUT2D eigenvalue weighted by Crippen LogP contribution is -2.91. The van der Waals surface area contributed by atoms with E-state index in [0.29, 0.717) is 6.04 Å². The van der Waals surface area contributed by atoms with Gasteiger partial charge in [-0.15, -0.1) is 0 Å². The quantitative estimate of drug-likeness (QED) is 0.498. The molecule has 0 aromatic heterocycles. The van der Waals surface area contributed by atoms with Gasteiger partial charge in [0.1, 0.15) is 0 Å². The van der Waals surface area contributed by atoms with Crippen molar-refractivity contribution in [1.82, 2.24) is 0 Å². The Labute approximate surface area is 60.4 Å². The highest BCUT2D eigenvalue weighted by Crippen LogP contribution is 2.03. The summed E-state index contributed by atoms with van der Waals surface area (Å²) in [6.45, 7) is 1.08. The molecule has 1 aliphatic heterocycles. The summed E-state index contributed by atoms with van der Waals surface area (Å²) in [5.41, 5.74) is 0. The molecule has 0 spiro atoms. The van der Waals surface area contributed by atoms with Crippen LogP contribution in [0.15, 0.2) is 0 Å². The van der Waals surface area contributed by atoms with Gasteiger partial charge in [0.05, 0.1) is 12.6 Å². The van der Waals surface area contributed by atoms with Crippen LogP contribution in [-0.4, -0.2) is 18.6 Å². The number of hydrogen-bond donors (Lipinski definition) is 1. The van der Waals surface area contributed by atoms with Gasteiger partial charge in [0.2, 0.25) is 0 Å². The molecule has 1 fully saturated rings. The molecule has 10 heavy (non-hydrogen) atoms. The Morgan fingerprint density at radius 2 is 2.40 bits per heavy atom. The third-order valence-electron chi connectivity index (χ3n) is 1.96. The summed E-state index contributed by atoms with van der Waals surface area (Å²) in [6.07, 6.45) is 3.66. The highest BCUT2D eigenvalue weighted by Gasteiger charge is 2.15. The molecule has 3 heteroatoms. The minimum absolute atomic E-state index is 0.222. The van der Waals surface area contributed by atoms with Crippen molar-refractivity contribution in [3.05, 3.63) is 0 Å². The summed E-state index contributed by atoms with van der Waals surface area (Å²) >= 11 is 0. The molecular formula is C7H13NO2. The zero-order chi connectivity index (χ0) is 7.40. The van der Waals surface area contributed by atoms with E-state index in [1.165, 1.54) is 12.8 Å². The molecular weight excluding hydrogens is 130 g/mol. The first-order valence-corrected chi connectivity index (χ1v) is 3.82. The van der Waals surface area contributed by atoms with Crippen molar-refractivity contribution in [3.8, 4) is 0 Å². The monoisotopic (exact) mass is 143 g/mol. The molecule has 0 unspecified atom stereocenters. The van der Waals surface area contributed by atoms with Crippen LogP contribution in [0.2, 0.25) is 0 Å². The molecule has 0 radical (unpaired) electrons. The number of carboxylic acid groups (broad SMARTS) is 1. The van der Waals surface area contributed by atoms with Crippen LogP contribution in [0.1, 0.15) is 25.7 Å². The number of carbonyl (C=O) groups is 1. The molecule has 0 bridgehead atoms. The van der Waals surface area contributed by atoms with Crippen molar-refractivity contribution in [2.75, 3.05) is 6.54 Å². The lowest BCUT2D eigenvalue weighted by Gasteiger charge is -2.19. The average molecular weight is 143 g/mol. The van der Waals surface area contributed by atoms with Crippen LogP contribution < -0.4 is 10.4 Å². The van der Waals surface area contributed by atoms with Gasteiger partial charge in [-0.25, -0.2) is 0 Å². The summed E-state index contributed by atoms with van der Waals surface area (Å²) in [5, 5.41) is 12.2. The van der Waals surface area contributed by atoms with Crippen molar-refractivity contribution in [1.29, 1.82) is 0 Å². The van der Waals surface area contributed by atoms with Gasteiger partial charge in [0.25, 0.3) is 0 Å². The number of hydrogen-bond acceptors (Lipinski definition) is 2. The number of nitrogens with two attached hydrogens (primary N) is 1. The van der Waals surface area contributed by atoms with Gasteiger partial charge >= 0.3 is 0 Å². The fourth-order valence-corrected chi connectivity index (χ4v) is 1.42. The van der Waals surface area contributed by atoms with E-state index < -0.39 is 5.97 Å². The predicted octanol–water partition coefficient (Wildman–Crippen LogP) is -1.76. The molecule has 0 aromatic rings. The van der Waals surface area contributed by atoms with Crippen LogP contribution in [-0.2, 0) is 4.79 Å². The predicted molar refractivity (Wildman–Crippen MR) is 34.1 cm³/mol. The van der Waals surface area contributed by atoms with Crippen LogP contribution in [0, 0.1) is 0 Å². The molecule has 0 amide bonds. The first-order valence-electron chi connectivity index (χ1n) is 3.82. The van der Waals surface area contributed by atoms with E-state index in [-0.39, 0.29) is 6.42 Å². The first kappa shape index (κ1) is 7.54. The Balaban J connectivity index is 2.19. The van der Waals surface area contributed by atoms with Gasteiger partial charge in [0.15, 0.2) is 0 Å². The standard InChI is InChI=1S/C7H13NO2/c9-7(10)5-6-3-1-2-4-8-6/h6,8H,1-5H2,(H,9,10)/t6-/m1/s1. The minimum Gasteiger partial charge on any atom is -0.550 e. The van der Waals surface area contributed by atoms with Crippen LogP contribution in [0.3, 0.4) is 0 Å². The van der Waals surface area contributed by atoms with Gasteiger partial charge in [-0.3, -0.25) is 0 Å². The number of quaternary nitrogens is 1. The SMILES string of the molecule is O=C([O-])C[C@H]1CCCC[NH2+]1. The van der Waals surface area contributed by atoms with E-state index in [1.54, 1.807) is 0 Å². The molecule has 1 rings (SSSR count). The van der Waals surface area contributed by atoms with Crippen molar-refractivity contribution in [3.63, 3.8) is 0 Å². The molecule has 0 aliphatic carbocycles. The van der Waals surface area contributed by atoms with E-state index in [4.69, 9.17) is 0 Å². The largest absolute Gasteiger partial charge is 0.550 e. The summed E-state index contributed by atoms with van der Waals surface area (Å²) in [5.74, 6) is -0.914. The highest BCUT2D eigenvalue weighted by molar-refractivity contribution is 5.64. The Morgan fingerprint density at radius 1 is 1.60 bits per heavy atom. The molecule has 1 heterocycles. The second-order valence-corrected chi connectivity index (χ2v) is 2.86. The molecule has 58 valence electrons. The smallest absolute Gasteiger partial charge is 0.0911 e. The number of aliphatic carboxylic acids is 1. The van der Waals surface area contributed by atoms with Crippen LogP contribution >= 0.6 is 0 Å². The van der Waals surface area contributed by atoms with E-state index in [1.807, 2.05) is 0 Å². The third-order valence-corrected chi connectivity index (χ3v) is 1.96. The Hall–Kier alpha value is -0.570. The van der Waals surface area contributed by atoms with Crippen LogP contribution in [0.25, 0.3) is 0 Å². The fourth-order valence-electron chi connectivity index (χ4n) is 1.42. The maximum absolute atomic E-state index is 10.1. The zero-order valence-electron chi connectivity index (χ0n) is 6.01. The topological polar surface area (TPSA) is 56.7 Å². The van der Waals surface area contributed by atoms with Crippen molar-refractivity contribution < 1.29 is 15.2 Å².